The fourth-order valence-electron chi connectivity index (χ4n) is 2.98. The van der Waals surface area contributed by atoms with Crippen LogP contribution in [0.5, 0.6) is 11.5 Å². The SMILES string of the molecule is O=C(N1CCCC1c1cccc2c1OCCO2)C(F)(F)C(F)F. The van der Waals surface area contributed by atoms with Crippen LogP contribution in [0.15, 0.2) is 18.2 Å². The highest BCUT2D eigenvalue weighted by Gasteiger charge is 2.53. The highest BCUT2D eigenvalue weighted by Crippen LogP contribution is 2.44. The van der Waals surface area contributed by atoms with Crippen LogP contribution in [0, 0.1) is 0 Å². The van der Waals surface area contributed by atoms with Crippen molar-refractivity contribution in [2.45, 2.75) is 31.2 Å². The van der Waals surface area contributed by atoms with Gasteiger partial charge < -0.3 is 14.4 Å². The molecule has 23 heavy (non-hydrogen) atoms. The molecule has 1 amide bonds. The highest BCUT2D eigenvalue weighted by molar-refractivity contribution is 5.84. The highest BCUT2D eigenvalue weighted by atomic mass is 19.3. The van der Waals surface area contributed by atoms with Gasteiger partial charge in [0.1, 0.15) is 13.2 Å². The summed E-state index contributed by atoms with van der Waals surface area (Å²) in [4.78, 5) is 12.7. The molecule has 1 saturated heterocycles. The number of ether oxygens (including phenoxy) is 2. The summed E-state index contributed by atoms with van der Waals surface area (Å²) in [7, 11) is 0. The molecule has 2 heterocycles. The molecular formula is C15H15F4NO3. The molecule has 3 rings (SSSR count). The van der Waals surface area contributed by atoms with Crippen LogP contribution in [0.4, 0.5) is 17.6 Å². The molecule has 0 saturated carbocycles. The first-order valence-corrected chi connectivity index (χ1v) is 7.28. The number of alkyl halides is 4. The second-order valence-electron chi connectivity index (χ2n) is 5.45. The molecule has 2 aliphatic rings. The van der Waals surface area contributed by atoms with Crippen molar-refractivity contribution in [1.29, 1.82) is 0 Å². The zero-order valence-corrected chi connectivity index (χ0v) is 12.1. The molecule has 2 aliphatic heterocycles. The summed E-state index contributed by atoms with van der Waals surface area (Å²) in [6.45, 7) is 0.682. The van der Waals surface area contributed by atoms with Crippen molar-refractivity contribution in [3.8, 4) is 11.5 Å². The number of carbonyl (C=O) groups excluding carboxylic acids is 1. The van der Waals surface area contributed by atoms with Crippen molar-refractivity contribution < 1.29 is 31.8 Å². The normalized spacial score (nSPS) is 20.9. The van der Waals surface area contributed by atoms with E-state index in [0.717, 1.165) is 4.90 Å². The average Bonchev–Trinajstić information content (AvgIpc) is 3.02. The minimum absolute atomic E-state index is 0.0103. The molecule has 8 heteroatoms. The number of amides is 1. The molecular weight excluding hydrogens is 318 g/mol. The van der Waals surface area contributed by atoms with E-state index in [1.807, 2.05) is 0 Å². The van der Waals surface area contributed by atoms with E-state index in [1.165, 1.54) is 0 Å². The summed E-state index contributed by atoms with van der Waals surface area (Å²) in [5.74, 6) is -5.67. The summed E-state index contributed by atoms with van der Waals surface area (Å²) in [6.07, 6.45) is -3.16. The molecule has 0 N–H and O–H groups in total. The Bertz CT molecular complexity index is 608. The maximum absolute atomic E-state index is 13.4. The van der Waals surface area contributed by atoms with E-state index in [1.54, 1.807) is 18.2 Å². The summed E-state index contributed by atoms with van der Waals surface area (Å²) >= 11 is 0. The van der Waals surface area contributed by atoms with Gasteiger partial charge >= 0.3 is 12.3 Å². The van der Waals surface area contributed by atoms with Crippen molar-refractivity contribution >= 4 is 5.91 Å². The lowest BCUT2D eigenvalue weighted by atomic mass is 10.0. The van der Waals surface area contributed by atoms with Gasteiger partial charge in [0.15, 0.2) is 11.5 Å². The molecule has 1 fully saturated rings. The van der Waals surface area contributed by atoms with E-state index < -0.39 is 24.3 Å². The van der Waals surface area contributed by atoms with Crippen LogP contribution in [-0.2, 0) is 4.79 Å². The van der Waals surface area contributed by atoms with Crippen LogP contribution in [0.2, 0.25) is 0 Å². The van der Waals surface area contributed by atoms with Crippen LogP contribution in [0.3, 0.4) is 0 Å². The number of likely N-dealkylation sites (tertiary alicyclic amines) is 1. The number of hydrogen-bond acceptors (Lipinski definition) is 3. The number of halogens is 4. The van der Waals surface area contributed by atoms with Crippen molar-refractivity contribution in [3.05, 3.63) is 23.8 Å². The third kappa shape index (κ3) is 2.70. The van der Waals surface area contributed by atoms with E-state index >= 15 is 0 Å². The number of hydrogen-bond donors (Lipinski definition) is 0. The maximum Gasteiger partial charge on any atom is 0.383 e. The van der Waals surface area contributed by atoms with Gasteiger partial charge in [-0.1, -0.05) is 12.1 Å². The zero-order chi connectivity index (χ0) is 16.6. The zero-order valence-electron chi connectivity index (χ0n) is 12.1. The van der Waals surface area contributed by atoms with Crippen molar-refractivity contribution in [3.63, 3.8) is 0 Å². The number of para-hydroxylation sites is 1. The van der Waals surface area contributed by atoms with E-state index in [0.29, 0.717) is 43.1 Å². The Morgan fingerprint density at radius 1 is 1.26 bits per heavy atom. The first-order chi connectivity index (χ1) is 10.9. The molecule has 0 radical (unpaired) electrons. The second-order valence-corrected chi connectivity index (χ2v) is 5.45. The molecule has 1 aromatic carbocycles. The molecule has 126 valence electrons. The lowest BCUT2D eigenvalue weighted by molar-refractivity contribution is -0.181. The Labute approximate surface area is 130 Å². The van der Waals surface area contributed by atoms with Crippen LogP contribution < -0.4 is 9.47 Å². The van der Waals surface area contributed by atoms with Gasteiger partial charge in [0, 0.05) is 12.1 Å². The number of rotatable bonds is 3. The summed E-state index contributed by atoms with van der Waals surface area (Å²) in [5.41, 5.74) is 0.512. The molecule has 1 unspecified atom stereocenters. The molecule has 0 aliphatic carbocycles. The van der Waals surface area contributed by atoms with Gasteiger partial charge in [0.05, 0.1) is 6.04 Å². The lowest BCUT2D eigenvalue weighted by Gasteiger charge is -2.30. The third-order valence-electron chi connectivity index (χ3n) is 4.03. The Hall–Kier alpha value is -1.99. The number of benzene rings is 1. The molecule has 1 atom stereocenters. The summed E-state index contributed by atoms with van der Waals surface area (Å²) < 4.78 is 62.8. The molecule has 0 bridgehead atoms. The topological polar surface area (TPSA) is 38.8 Å². The van der Waals surface area contributed by atoms with Gasteiger partial charge in [0.2, 0.25) is 0 Å². The molecule has 0 aromatic heterocycles. The standard InChI is InChI=1S/C15H15F4NO3/c16-13(17)15(18,19)14(21)20-6-2-4-10(20)9-3-1-5-11-12(9)23-8-7-22-11/h1,3,5,10,13H,2,4,6-8H2. The first-order valence-electron chi connectivity index (χ1n) is 7.28. The predicted molar refractivity (Wildman–Crippen MR) is 72.1 cm³/mol. The minimum Gasteiger partial charge on any atom is -0.486 e. The molecule has 1 aromatic rings. The largest absolute Gasteiger partial charge is 0.486 e. The Kier molecular flexibility index (Phi) is 4.08. The maximum atomic E-state index is 13.4. The van der Waals surface area contributed by atoms with Crippen LogP contribution in [0.25, 0.3) is 0 Å². The Balaban J connectivity index is 1.92. The van der Waals surface area contributed by atoms with Gasteiger partial charge in [-0.2, -0.15) is 8.78 Å². The van der Waals surface area contributed by atoms with Gasteiger partial charge in [-0.15, -0.1) is 0 Å². The average molecular weight is 333 g/mol. The quantitative estimate of drug-likeness (QED) is 0.798. The third-order valence-corrected chi connectivity index (χ3v) is 4.03. The minimum atomic E-state index is -4.69. The van der Waals surface area contributed by atoms with Gasteiger partial charge in [-0.3, -0.25) is 4.79 Å². The Morgan fingerprint density at radius 2 is 2.00 bits per heavy atom. The predicted octanol–water partition coefficient (Wildman–Crippen LogP) is 3.02. The number of carbonyl (C=O) groups is 1. The lowest BCUT2D eigenvalue weighted by Crippen LogP contribution is -2.47. The molecule has 4 nitrogen and oxygen atoms in total. The van der Waals surface area contributed by atoms with Crippen LogP contribution in [-0.4, -0.2) is 42.9 Å². The second kappa shape index (κ2) is 5.90. The van der Waals surface area contributed by atoms with E-state index in [2.05, 4.69) is 0 Å². The van der Waals surface area contributed by atoms with Crippen LogP contribution in [0.1, 0.15) is 24.4 Å². The van der Waals surface area contributed by atoms with E-state index in [-0.39, 0.29) is 6.54 Å². The van der Waals surface area contributed by atoms with Crippen LogP contribution >= 0.6 is 0 Å². The Morgan fingerprint density at radius 3 is 2.74 bits per heavy atom. The molecule has 0 spiro atoms. The number of fused-ring (bicyclic) bond motifs is 1. The fraction of sp³-hybridized carbons (Fsp3) is 0.533. The monoisotopic (exact) mass is 333 g/mol. The van der Waals surface area contributed by atoms with E-state index in [9.17, 15) is 22.4 Å². The van der Waals surface area contributed by atoms with Gasteiger partial charge in [-0.25, -0.2) is 8.78 Å². The van der Waals surface area contributed by atoms with Gasteiger partial charge in [0.25, 0.3) is 5.91 Å². The van der Waals surface area contributed by atoms with Crippen molar-refractivity contribution in [2.24, 2.45) is 0 Å². The number of nitrogens with zero attached hydrogens (tertiary/aromatic N) is 1. The first kappa shape index (κ1) is 15.9. The summed E-state index contributed by atoms with van der Waals surface area (Å²) in [6, 6.07) is 4.26. The van der Waals surface area contributed by atoms with Gasteiger partial charge in [-0.05, 0) is 18.9 Å². The van der Waals surface area contributed by atoms with Crippen molar-refractivity contribution in [1.82, 2.24) is 4.90 Å². The smallest absolute Gasteiger partial charge is 0.383 e. The van der Waals surface area contributed by atoms with Crippen molar-refractivity contribution in [2.75, 3.05) is 19.8 Å². The fourth-order valence-corrected chi connectivity index (χ4v) is 2.98. The summed E-state index contributed by atoms with van der Waals surface area (Å²) in [5, 5.41) is 0. The van der Waals surface area contributed by atoms with E-state index in [4.69, 9.17) is 9.47 Å².